The van der Waals surface area contributed by atoms with Gasteiger partial charge in [-0.3, -0.25) is 4.79 Å². The molecule has 2 rings (SSSR count). The van der Waals surface area contributed by atoms with Gasteiger partial charge in [-0.1, -0.05) is 54.7 Å². The van der Waals surface area contributed by atoms with Gasteiger partial charge in [-0.05, 0) is 50.3 Å². The van der Waals surface area contributed by atoms with E-state index in [2.05, 4.69) is 18.7 Å². The average molecular weight is 416 g/mol. The fraction of sp³-hybridized carbons (Fsp3) is 0.350. The Labute approximate surface area is 172 Å². The zero-order valence-electron chi connectivity index (χ0n) is 15.3. The van der Waals surface area contributed by atoms with E-state index < -0.39 is 0 Å². The minimum Gasteiger partial charge on any atom is -0.307 e. The third kappa shape index (κ3) is 5.88. The number of rotatable bonds is 7. The smallest absolute Gasteiger partial charge is 0.258 e. The molecule has 0 aromatic heterocycles. The van der Waals surface area contributed by atoms with Gasteiger partial charge in [0.15, 0.2) is 0 Å². The van der Waals surface area contributed by atoms with E-state index in [4.69, 9.17) is 23.2 Å². The molecule has 0 radical (unpaired) electrons. The Kier molecular flexibility index (Phi) is 9.45. The molecule has 0 fully saturated rings. The molecule has 26 heavy (non-hydrogen) atoms. The molecule has 0 saturated heterocycles. The molecule has 2 aromatic carbocycles. The van der Waals surface area contributed by atoms with Crippen molar-refractivity contribution in [2.24, 2.45) is 0 Å². The van der Waals surface area contributed by atoms with Crippen molar-refractivity contribution in [1.82, 2.24) is 4.90 Å². The molecule has 0 saturated carbocycles. The van der Waals surface area contributed by atoms with Crippen LogP contribution in [0.1, 0.15) is 29.8 Å². The molecule has 0 N–H and O–H groups in total. The lowest BCUT2D eigenvalue weighted by Crippen LogP contribution is -2.38. The second-order valence-electron chi connectivity index (χ2n) is 5.95. The van der Waals surface area contributed by atoms with Gasteiger partial charge in [0.05, 0.1) is 10.0 Å². The summed E-state index contributed by atoms with van der Waals surface area (Å²) in [7, 11) is 0. The first-order valence-electron chi connectivity index (χ1n) is 8.52. The summed E-state index contributed by atoms with van der Waals surface area (Å²) in [6.45, 7) is 9.63. The summed E-state index contributed by atoms with van der Waals surface area (Å²) < 4.78 is 0. The molecule has 142 valence electrons. The molecule has 0 aliphatic rings. The lowest BCUT2D eigenvalue weighted by Gasteiger charge is -2.27. The average Bonchev–Trinajstić information content (AvgIpc) is 2.62. The van der Waals surface area contributed by atoms with Crippen LogP contribution < -0.4 is 4.90 Å². The Morgan fingerprint density at radius 3 is 2.08 bits per heavy atom. The van der Waals surface area contributed by atoms with Gasteiger partial charge in [-0.2, -0.15) is 0 Å². The number of carbonyl (C=O) groups is 1. The van der Waals surface area contributed by atoms with Crippen LogP contribution in [-0.4, -0.2) is 37.0 Å². The number of likely N-dealkylation sites (N-methyl/N-ethyl adjacent to an activating group) is 1. The molecule has 0 spiro atoms. The Balaban J connectivity index is 0.00000338. The molecule has 0 aliphatic carbocycles. The summed E-state index contributed by atoms with van der Waals surface area (Å²) in [5.74, 6) is -0.0745. The summed E-state index contributed by atoms with van der Waals surface area (Å²) >= 11 is 12.1. The van der Waals surface area contributed by atoms with Gasteiger partial charge < -0.3 is 9.80 Å². The number of carbonyl (C=O) groups excluding carboxylic acids is 1. The van der Waals surface area contributed by atoms with Crippen LogP contribution in [0.25, 0.3) is 0 Å². The Bertz CT molecular complexity index is 715. The summed E-state index contributed by atoms with van der Waals surface area (Å²) in [6, 6.07) is 13.0. The standard InChI is InChI=1S/C20H24Cl2N2O.ClH/c1-4-23(5-2)12-13-24(17-9-6-15(3)7-10-17)20(25)16-8-11-18(21)19(22)14-16;/h6-11,14H,4-5,12-13H2,1-3H3;1H. The van der Waals surface area contributed by atoms with Crippen LogP contribution in [-0.2, 0) is 0 Å². The lowest BCUT2D eigenvalue weighted by molar-refractivity contribution is 0.0984. The zero-order chi connectivity index (χ0) is 18.4. The number of hydrogen-bond acceptors (Lipinski definition) is 2. The molecule has 3 nitrogen and oxygen atoms in total. The van der Waals surface area contributed by atoms with Gasteiger partial charge in [0.1, 0.15) is 0 Å². The molecule has 2 aromatic rings. The van der Waals surface area contributed by atoms with Crippen molar-refractivity contribution < 1.29 is 4.79 Å². The summed E-state index contributed by atoms with van der Waals surface area (Å²) in [5, 5.41) is 0.836. The van der Waals surface area contributed by atoms with Crippen molar-refractivity contribution >= 4 is 47.2 Å². The summed E-state index contributed by atoms with van der Waals surface area (Å²) in [5.41, 5.74) is 2.58. The molecule has 0 atom stereocenters. The van der Waals surface area contributed by atoms with Crippen LogP contribution in [0, 0.1) is 6.92 Å². The second kappa shape index (κ2) is 10.8. The monoisotopic (exact) mass is 414 g/mol. The molecule has 0 aliphatic heterocycles. The van der Waals surface area contributed by atoms with E-state index >= 15 is 0 Å². The van der Waals surface area contributed by atoms with Crippen LogP contribution in [0.4, 0.5) is 5.69 Å². The van der Waals surface area contributed by atoms with Crippen LogP contribution in [0.3, 0.4) is 0 Å². The maximum Gasteiger partial charge on any atom is 0.258 e. The Morgan fingerprint density at radius 2 is 1.54 bits per heavy atom. The van der Waals surface area contributed by atoms with Gasteiger partial charge in [0, 0.05) is 24.3 Å². The van der Waals surface area contributed by atoms with E-state index in [0.29, 0.717) is 22.2 Å². The first-order valence-corrected chi connectivity index (χ1v) is 9.27. The van der Waals surface area contributed by atoms with Gasteiger partial charge >= 0.3 is 0 Å². The third-order valence-corrected chi connectivity index (χ3v) is 5.03. The van der Waals surface area contributed by atoms with E-state index in [1.807, 2.05) is 31.2 Å². The predicted octanol–water partition coefficient (Wildman–Crippen LogP) is 5.71. The third-order valence-electron chi connectivity index (χ3n) is 4.29. The maximum absolute atomic E-state index is 13.1. The van der Waals surface area contributed by atoms with Crippen molar-refractivity contribution in [3.8, 4) is 0 Å². The Hall–Kier alpha value is -1.26. The molecule has 6 heteroatoms. The molecular formula is C20H25Cl3N2O. The molecule has 0 unspecified atom stereocenters. The zero-order valence-corrected chi connectivity index (χ0v) is 17.7. The molecule has 0 heterocycles. The van der Waals surface area contributed by atoms with Crippen LogP contribution in [0.2, 0.25) is 10.0 Å². The van der Waals surface area contributed by atoms with Crippen molar-refractivity contribution in [2.45, 2.75) is 20.8 Å². The van der Waals surface area contributed by atoms with Crippen LogP contribution in [0.15, 0.2) is 42.5 Å². The number of hydrogen-bond donors (Lipinski definition) is 0. The van der Waals surface area contributed by atoms with E-state index in [-0.39, 0.29) is 18.3 Å². The fourth-order valence-electron chi connectivity index (χ4n) is 2.64. The fourth-order valence-corrected chi connectivity index (χ4v) is 2.94. The highest BCUT2D eigenvalue weighted by Crippen LogP contribution is 2.25. The minimum absolute atomic E-state index is 0. The number of aryl methyl sites for hydroxylation is 1. The summed E-state index contributed by atoms with van der Waals surface area (Å²) in [6.07, 6.45) is 0. The predicted molar refractivity (Wildman–Crippen MR) is 114 cm³/mol. The molecule has 0 bridgehead atoms. The maximum atomic E-state index is 13.1. The largest absolute Gasteiger partial charge is 0.307 e. The normalized spacial score (nSPS) is 10.5. The number of nitrogens with zero attached hydrogens (tertiary/aromatic N) is 2. The molecule has 1 amide bonds. The van der Waals surface area contributed by atoms with Gasteiger partial charge in [-0.25, -0.2) is 0 Å². The van der Waals surface area contributed by atoms with Crippen molar-refractivity contribution in [3.63, 3.8) is 0 Å². The topological polar surface area (TPSA) is 23.6 Å². The van der Waals surface area contributed by atoms with Crippen molar-refractivity contribution in [2.75, 3.05) is 31.1 Å². The van der Waals surface area contributed by atoms with E-state index in [0.717, 1.165) is 30.9 Å². The van der Waals surface area contributed by atoms with Crippen LogP contribution >= 0.6 is 35.6 Å². The second-order valence-corrected chi connectivity index (χ2v) is 6.76. The van der Waals surface area contributed by atoms with Crippen molar-refractivity contribution in [3.05, 3.63) is 63.6 Å². The van der Waals surface area contributed by atoms with E-state index in [1.54, 1.807) is 23.1 Å². The minimum atomic E-state index is -0.0745. The highest BCUT2D eigenvalue weighted by Gasteiger charge is 2.19. The van der Waals surface area contributed by atoms with E-state index in [1.165, 1.54) is 0 Å². The summed E-state index contributed by atoms with van der Waals surface area (Å²) in [4.78, 5) is 17.2. The number of anilines is 1. The number of benzene rings is 2. The SMILES string of the molecule is CCN(CC)CCN(C(=O)c1ccc(Cl)c(Cl)c1)c1ccc(C)cc1.Cl. The highest BCUT2D eigenvalue weighted by molar-refractivity contribution is 6.42. The lowest BCUT2D eigenvalue weighted by atomic mass is 10.1. The first-order chi connectivity index (χ1) is 12.0. The number of amides is 1. The molecular weight excluding hydrogens is 391 g/mol. The first kappa shape index (κ1) is 22.8. The van der Waals surface area contributed by atoms with Crippen molar-refractivity contribution in [1.29, 1.82) is 0 Å². The van der Waals surface area contributed by atoms with Gasteiger partial charge in [0.25, 0.3) is 5.91 Å². The van der Waals surface area contributed by atoms with Crippen LogP contribution in [0.5, 0.6) is 0 Å². The van der Waals surface area contributed by atoms with E-state index in [9.17, 15) is 4.79 Å². The number of halogens is 3. The highest BCUT2D eigenvalue weighted by atomic mass is 35.5. The quantitative estimate of drug-likeness (QED) is 0.578. The van der Waals surface area contributed by atoms with Gasteiger partial charge in [-0.15, -0.1) is 12.4 Å². The Morgan fingerprint density at radius 1 is 0.923 bits per heavy atom. The van der Waals surface area contributed by atoms with Gasteiger partial charge in [0.2, 0.25) is 0 Å².